The van der Waals surface area contributed by atoms with Gasteiger partial charge in [-0.25, -0.2) is 4.98 Å². The van der Waals surface area contributed by atoms with Gasteiger partial charge in [0, 0.05) is 23.0 Å². The zero-order valence-electron chi connectivity index (χ0n) is 16.1. The van der Waals surface area contributed by atoms with Crippen LogP contribution in [-0.4, -0.2) is 25.1 Å². The largest absolute Gasteiger partial charge is 0.439 e. The third-order valence-electron chi connectivity index (χ3n) is 4.12. The number of hydrogen-bond acceptors (Lipinski definition) is 7. The Hall–Kier alpha value is -4.15. The molecule has 0 aliphatic rings. The second-order valence-electron chi connectivity index (χ2n) is 6.56. The minimum absolute atomic E-state index is 0.103. The van der Waals surface area contributed by atoms with Crippen molar-refractivity contribution in [2.45, 2.75) is 13.1 Å². The van der Waals surface area contributed by atoms with Crippen molar-refractivity contribution in [1.82, 2.24) is 25.1 Å². The van der Waals surface area contributed by atoms with Gasteiger partial charge in [0.15, 0.2) is 5.82 Å². The van der Waals surface area contributed by atoms with E-state index in [1.165, 1.54) is 12.1 Å². The smallest absolute Gasteiger partial charge is 0.416 e. The molecule has 158 valence electrons. The van der Waals surface area contributed by atoms with Gasteiger partial charge in [0.05, 0.1) is 5.56 Å². The van der Waals surface area contributed by atoms with Crippen molar-refractivity contribution in [3.8, 4) is 23.0 Å². The number of hydrogen-bond donors (Lipinski definition) is 3. The van der Waals surface area contributed by atoms with E-state index in [1.54, 1.807) is 37.3 Å². The molecule has 0 amide bonds. The van der Waals surface area contributed by atoms with E-state index in [1.807, 2.05) is 0 Å². The van der Waals surface area contributed by atoms with Crippen molar-refractivity contribution in [2.75, 3.05) is 11.1 Å². The van der Waals surface area contributed by atoms with Crippen LogP contribution >= 0.6 is 0 Å². The van der Waals surface area contributed by atoms with E-state index in [4.69, 9.17) is 10.5 Å². The van der Waals surface area contributed by atoms with Gasteiger partial charge in [0.1, 0.15) is 5.75 Å². The number of H-pyrrole nitrogens is 1. The predicted molar refractivity (Wildman–Crippen MR) is 108 cm³/mol. The summed E-state index contributed by atoms with van der Waals surface area (Å²) in [5, 5.41) is 10.8. The van der Waals surface area contributed by atoms with Gasteiger partial charge in [-0.3, -0.25) is 0 Å². The maximum atomic E-state index is 12.9. The molecule has 2 aromatic heterocycles. The molecule has 0 saturated heterocycles. The monoisotopic (exact) mass is 427 g/mol. The van der Waals surface area contributed by atoms with Crippen molar-refractivity contribution >= 4 is 17.6 Å². The molecule has 0 fully saturated rings. The second kappa shape index (κ2) is 7.94. The molecule has 0 unspecified atom stereocenters. The number of nitrogens with one attached hydrogen (secondary N) is 2. The average molecular weight is 427 g/mol. The third-order valence-corrected chi connectivity index (χ3v) is 4.12. The van der Waals surface area contributed by atoms with Crippen LogP contribution in [0.2, 0.25) is 0 Å². The third kappa shape index (κ3) is 4.89. The number of aryl methyl sites for hydroxylation is 1. The summed E-state index contributed by atoms with van der Waals surface area (Å²) in [6.07, 6.45) is -4.43. The second-order valence-corrected chi connectivity index (χ2v) is 6.56. The van der Waals surface area contributed by atoms with Crippen LogP contribution in [-0.2, 0) is 6.18 Å². The highest BCUT2D eigenvalue weighted by Gasteiger charge is 2.30. The minimum Gasteiger partial charge on any atom is -0.439 e. The SMILES string of the molecule is Cc1cc(Oc2cccc(-c3nnc(Nc4cccc(C(F)(F)F)c4)[nH]3)c2)nc(N)n1. The molecule has 2 aromatic carbocycles. The molecular formula is C20H16F3N7O. The lowest BCUT2D eigenvalue weighted by molar-refractivity contribution is -0.137. The number of rotatable bonds is 5. The van der Waals surface area contributed by atoms with Gasteiger partial charge in [-0.05, 0) is 37.3 Å². The number of halogens is 3. The maximum absolute atomic E-state index is 12.9. The summed E-state index contributed by atoms with van der Waals surface area (Å²) >= 11 is 0. The van der Waals surface area contributed by atoms with Gasteiger partial charge in [-0.15, -0.1) is 10.2 Å². The Labute approximate surface area is 174 Å². The van der Waals surface area contributed by atoms with Gasteiger partial charge in [-0.1, -0.05) is 18.2 Å². The summed E-state index contributed by atoms with van der Waals surface area (Å²) in [4.78, 5) is 10.9. The summed E-state index contributed by atoms with van der Waals surface area (Å²) in [5.74, 6) is 1.48. The fraction of sp³-hybridized carbons (Fsp3) is 0.100. The Bertz CT molecular complexity index is 1200. The number of alkyl halides is 3. The van der Waals surface area contributed by atoms with Crippen LogP contribution in [0.5, 0.6) is 11.6 Å². The first kappa shape index (κ1) is 20.1. The number of nitrogens with zero attached hydrogens (tertiary/aromatic N) is 4. The zero-order valence-corrected chi connectivity index (χ0v) is 16.1. The van der Waals surface area contributed by atoms with Gasteiger partial charge < -0.3 is 20.8 Å². The number of benzene rings is 2. The van der Waals surface area contributed by atoms with Crippen molar-refractivity contribution in [3.05, 3.63) is 65.9 Å². The Morgan fingerprint density at radius 2 is 1.81 bits per heavy atom. The lowest BCUT2D eigenvalue weighted by Gasteiger charge is -2.08. The van der Waals surface area contributed by atoms with E-state index in [-0.39, 0.29) is 17.6 Å². The van der Waals surface area contributed by atoms with Crippen LogP contribution in [0.3, 0.4) is 0 Å². The Balaban J connectivity index is 1.52. The molecule has 0 radical (unpaired) electrons. The molecule has 0 aliphatic heterocycles. The quantitative estimate of drug-likeness (QED) is 0.423. The molecule has 8 nitrogen and oxygen atoms in total. The van der Waals surface area contributed by atoms with Gasteiger partial charge in [0.2, 0.25) is 17.8 Å². The average Bonchev–Trinajstić information content (AvgIpc) is 3.15. The highest BCUT2D eigenvalue weighted by molar-refractivity contribution is 5.61. The summed E-state index contributed by atoms with van der Waals surface area (Å²) < 4.78 is 44.4. The predicted octanol–water partition coefficient (Wildman–Crippen LogP) is 4.71. The van der Waals surface area contributed by atoms with E-state index in [2.05, 4.69) is 30.5 Å². The van der Waals surface area contributed by atoms with Crippen LogP contribution in [0.1, 0.15) is 11.3 Å². The van der Waals surface area contributed by atoms with Crippen molar-refractivity contribution in [3.63, 3.8) is 0 Å². The van der Waals surface area contributed by atoms with E-state index in [9.17, 15) is 13.2 Å². The lowest BCUT2D eigenvalue weighted by atomic mass is 10.2. The van der Waals surface area contributed by atoms with Gasteiger partial charge in [0.25, 0.3) is 0 Å². The number of aromatic nitrogens is 5. The molecule has 4 N–H and O–H groups in total. The highest BCUT2D eigenvalue weighted by atomic mass is 19.4. The Kier molecular flexibility index (Phi) is 5.15. The highest BCUT2D eigenvalue weighted by Crippen LogP contribution is 2.31. The molecule has 4 aromatic rings. The van der Waals surface area contributed by atoms with E-state index in [0.29, 0.717) is 28.7 Å². The number of nitrogens with two attached hydrogens (primary N) is 1. The van der Waals surface area contributed by atoms with E-state index in [0.717, 1.165) is 12.1 Å². The van der Waals surface area contributed by atoms with Crippen LogP contribution in [0.4, 0.5) is 30.8 Å². The van der Waals surface area contributed by atoms with E-state index >= 15 is 0 Å². The van der Waals surface area contributed by atoms with Crippen LogP contribution < -0.4 is 15.8 Å². The molecule has 31 heavy (non-hydrogen) atoms. The molecule has 0 atom stereocenters. The first-order chi connectivity index (χ1) is 14.8. The van der Waals surface area contributed by atoms with Gasteiger partial charge >= 0.3 is 6.18 Å². The van der Waals surface area contributed by atoms with Crippen molar-refractivity contribution < 1.29 is 17.9 Å². The maximum Gasteiger partial charge on any atom is 0.416 e. The molecule has 0 aliphatic carbocycles. The molecule has 0 spiro atoms. The van der Waals surface area contributed by atoms with Crippen LogP contribution in [0.15, 0.2) is 54.6 Å². The molecule has 4 rings (SSSR count). The minimum atomic E-state index is -4.43. The molecule has 0 saturated carbocycles. The van der Waals surface area contributed by atoms with Crippen molar-refractivity contribution in [2.24, 2.45) is 0 Å². The normalized spacial score (nSPS) is 11.4. The van der Waals surface area contributed by atoms with Crippen LogP contribution in [0.25, 0.3) is 11.4 Å². The molecule has 2 heterocycles. The summed E-state index contributed by atoms with van der Waals surface area (Å²) in [6, 6.07) is 13.4. The standard InChI is InChI=1S/C20H16F3N7O/c1-11-8-16(27-18(24)25-11)31-15-7-2-4-12(9-15)17-28-19(30-29-17)26-14-6-3-5-13(10-14)20(21,22)23/h2-10H,1H3,(H2,24,25,27)(H2,26,28,29,30). The number of aromatic amines is 1. The van der Waals surface area contributed by atoms with E-state index < -0.39 is 11.7 Å². The first-order valence-corrected chi connectivity index (χ1v) is 9.03. The Morgan fingerprint density at radius 1 is 1.00 bits per heavy atom. The fourth-order valence-electron chi connectivity index (χ4n) is 2.80. The first-order valence-electron chi connectivity index (χ1n) is 9.03. The zero-order chi connectivity index (χ0) is 22.0. The molecule has 11 heteroatoms. The van der Waals surface area contributed by atoms with Crippen LogP contribution in [0, 0.1) is 6.92 Å². The fourth-order valence-corrected chi connectivity index (χ4v) is 2.80. The summed E-state index contributed by atoms with van der Waals surface area (Å²) in [6.45, 7) is 1.77. The van der Waals surface area contributed by atoms with Crippen molar-refractivity contribution in [1.29, 1.82) is 0 Å². The Morgan fingerprint density at radius 3 is 2.58 bits per heavy atom. The van der Waals surface area contributed by atoms with Gasteiger partial charge in [-0.2, -0.15) is 18.2 Å². The topological polar surface area (TPSA) is 115 Å². The molecular weight excluding hydrogens is 411 g/mol. The number of ether oxygens (including phenoxy) is 1. The summed E-state index contributed by atoms with van der Waals surface area (Å²) in [5.41, 5.74) is 6.42. The number of nitrogen functional groups attached to an aromatic ring is 1. The summed E-state index contributed by atoms with van der Waals surface area (Å²) in [7, 11) is 0. The molecule has 0 bridgehead atoms. The number of anilines is 3. The lowest BCUT2D eigenvalue weighted by Crippen LogP contribution is -2.05.